The topological polar surface area (TPSA) is 51.6 Å². The Morgan fingerprint density at radius 1 is 0.326 bits per heavy atom. The Bertz CT molecular complexity index is 2580. The van der Waals surface area contributed by atoms with Crippen molar-refractivity contribution in [2.24, 2.45) is 0 Å². The third-order valence-corrected chi connectivity index (χ3v) is 8.65. The molecule has 3 heterocycles. The molecule has 46 heavy (non-hydrogen) atoms. The number of benzene rings is 6. The maximum Gasteiger partial charge on any atom is 0.160 e. The normalized spacial score (nSPS) is 11.5. The molecule has 0 bridgehead atoms. The zero-order valence-corrected chi connectivity index (χ0v) is 24.8. The molecule has 3 aromatic heterocycles. The van der Waals surface area contributed by atoms with Gasteiger partial charge in [0.2, 0.25) is 0 Å². The van der Waals surface area contributed by atoms with Gasteiger partial charge in [-0.3, -0.25) is 0 Å². The fourth-order valence-electron chi connectivity index (χ4n) is 6.32. The van der Waals surface area contributed by atoms with Gasteiger partial charge in [0.05, 0.1) is 33.6 Å². The van der Waals surface area contributed by atoms with E-state index in [1.165, 1.54) is 10.8 Å². The van der Waals surface area contributed by atoms with E-state index in [1.54, 1.807) is 0 Å². The van der Waals surface area contributed by atoms with Crippen molar-refractivity contribution in [3.05, 3.63) is 158 Å². The molecular weight excluding hydrogens is 560 g/mol. The molecule has 214 valence electrons. The van der Waals surface area contributed by atoms with Crippen molar-refractivity contribution in [1.82, 2.24) is 19.9 Å². The van der Waals surface area contributed by atoms with E-state index < -0.39 is 0 Å². The van der Waals surface area contributed by atoms with Gasteiger partial charge >= 0.3 is 0 Å². The summed E-state index contributed by atoms with van der Waals surface area (Å²) in [5, 5.41) is 5.50. The number of nitrogens with zero attached hydrogens (tertiary/aromatic N) is 4. The van der Waals surface area contributed by atoms with Crippen LogP contribution in [0.2, 0.25) is 0 Å². The average molecular weight is 587 g/mol. The molecule has 0 saturated heterocycles. The zero-order valence-electron chi connectivity index (χ0n) is 24.8. The minimum Gasteiger partial charge on any atom is -0.245 e. The van der Waals surface area contributed by atoms with Crippen LogP contribution in [0.25, 0.3) is 88.6 Å². The van der Waals surface area contributed by atoms with E-state index in [0.29, 0.717) is 5.82 Å². The van der Waals surface area contributed by atoms with Gasteiger partial charge in [0.1, 0.15) is 0 Å². The minimum atomic E-state index is 0.687. The summed E-state index contributed by atoms with van der Waals surface area (Å²) in [4.78, 5) is 20.7. The Balaban J connectivity index is 1.26. The van der Waals surface area contributed by atoms with Crippen molar-refractivity contribution in [2.45, 2.75) is 0 Å². The molecule has 0 saturated carbocycles. The lowest BCUT2D eigenvalue weighted by Gasteiger charge is -2.13. The summed E-state index contributed by atoms with van der Waals surface area (Å²) in [6.45, 7) is 0. The van der Waals surface area contributed by atoms with Gasteiger partial charge in [-0.1, -0.05) is 140 Å². The van der Waals surface area contributed by atoms with Crippen LogP contribution in [0, 0.1) is 0 Å². The largest absolute Gasteiger partial charge is 0.245 e. The predicted molar refractivity (Wildman–Crippen MR) is 189 cm³/mol. The van der Waals surface area contributed by atoms with Crippen LogP contribution >= 0.6 is 0 Å². The monoisotopic (exact) mass is 586 g/mol. The van der Waals surface area contributed by atoms with E-state index in [2.05, 4.69) is 121 Å². The summed E-state index contributed by atoms with van der Waals surface area (Å²) in [5.41, 5.74) is 9.36. The zero-order chi connectivity index (χ0) is 30.5. The van der Waals surface area contributed by atoms with Crippen LogP contribution in [0.1, 0.15) is 0 Å². The van der Waals surface area contributed by atoms with E-state index in [0.717, 1.165) is 72.0 Å². The second kappa shape index (κ2) is 10.7. The molecule has 6 aromatic carbocycles. The van der Waals surface area contributed by atoms with Crippen molar-refractivity contribution < 1.29 is 0 Å². The lowest BCUT2D eigenvalue weighted by molar-refractivity contribution is 1.23. The standard InChI is InChI=1S/C42H26N4/c1-3-11-28(12-4-1)38-35-17-9-16-34(41(35)46-42(45-38)31-13-5-2-6-14-31)37-25-23-30-20-19-29-22-24-36(43-39(29)40(30)44-37)33-21-18-27-10-7-8-15-32(27)26-33/h1-26H. The van der Waals surface area contributed by atoms with E-state index in [-0.39, 0.29) is 0 Å². The number of para-hydroxylation sites is 1. The van der Waals surface area contributed by atoms with Crippen LogP contribution in [-0.4, -0.2) is 19.9 Å². The molecule has 0 unspecified atom stereocenters. The second-order valence-electron chi connectivity index (χ2n) is 11.5. The molecule has 4 nitrogen and oxygen atoms in total. The van der Waals surface area contributed by atoms with Gasteiger partial charge in [0, 0.05) is 38.4 Å². The molecule has 9 rings (SSSR count). The molecule has 4 heteroatoms. The fraction of sp³-hybridized carbons (Fsp3) is 0. The van der Waals surface area contributed by atoms with Crippen molar-refractivity contribution in [3.8, 4) is 45.2 Å². The SMILES string of the molecule is c1ccc(-c2nc(-c3ccccc3)c3cccc(-c4ccc5ccc6ccc(-c7ccc8ccccc8c7)nc6c5n4)c3n2)cc1. The highest BCUT2D eigenvalue weighted by atomic mass is 14.9. The summed E-state index contributed by atoms with van der Waals surface area (Å²) in [6, 6.07) is 54.4. The van der Waals surface area contributed by atoms with E-state index in [1.807, 2.05) is 36.4 Å². The summed E-state index contributed by atoms with van der Waals surface area (Å²) < 4.78 is 0. The first-order chi connectivity index (χ1) is 22.8. The summed E-state index contributed by atoms with van der Waals surface area (Å²) in [7, 11) is 0. The maximum absolute atomic E-state index is 5.29. The van der Waals surface area contributed by atoms with Crippen LogP contribution in [0.4, 0.5) is 0 Å². The lowest BCUT2D eigenvalue weighted by atomic mass is 10.0. The second-order valence-corrected chi connectivity index (χ2v) is 11.5. The molecule has 0 spiro atoms. The Kier molecular flexibility index (Phi) is 6.10. The van der Waals surface area contributed by atoms with E-state index in [4.69, 9.17) is 19.9 Å². The van der Waals surface area contributed by atoms with Gasteiger partial charge in [0.15, 0.2) is 5.82 Å². The number of rotatable bonds is 4. The van der Waals surface area contributed by atoms with Crippen molar-refractivity contribution >= 4 is 43.5 Å². The predicted octanol–water partition coefficient (Wildman–Crippen LogP) is 10.5. The molecule has 0 amide bonds. The quantitative estimate of drug-likeness (QED) is 0.193. The van der Waals surface area contributed by atoms with Crippen LogP contribution in [0.15, 0.2) is 158 Å². The third kappa shape index (κ3) is 4.47. The van der Waals surface area contributed by atoms with Gasteiger partial charge in [-0.15, -0.1) is 0 Å². The Morgan fingerprint density at radius 3 is 1.70 bits per heavy atom. The number of hydrogen-bond donors (Lipinski definition) is 0. The first-order valence-corrected chi connectivity index (χ1v) is 15.4. The summed E-state index contributed by atoms with van der Waals surface area (Å²) in [5.74, 6) is 0.687. The number of fused-ring (bicyclic) bond motifs is 5. The van der Waals surface area contributed by atoms with Crippen LogP contribution in [0.3, 0.4) is 0 Å². The molecule has 0 aliphatic rings. The molecule has 0 fully saturated rings. The Labute approximate surface area is 265 Å². The summed E-state index contributed by atoms with van der Waals surface area (Å²) >= 11 is 0. The molecule has 0 aliphatic heterocycles. The molecule has 0 aliphatic carbocycles. The smallest absolute Gasteiger partial charge is 0.160 e. The molecule has 0 atom stereocenters. The van der Waals surface area contributed by atoms with E-state index >= 15 is 0 Å². The first-order valence-electron chi connectivity index (χ1n) is 15.4. The van der Waals surface area contributed by atoms with Crippen LogP contribution in [0.5, 0.6) is 0 Å². The molecular formula is C42H26N4. The molecule has 0 radical (unpaired) electrons. The molecule has 9 aromatic rings. The first kappa shape index (κ1) is 26.2. The van der Waals surface area contributed by atoms with Gasteiger partial charge in [0.25, 0.3) is 0 Å². The maximum atomic E-state index is 5.29. The summed E-state index contributed by atoms with van der Waals surface area (Å²) in [6.07, 6.45) is 0. The number of hydrogen-bond acceptors (Lipinski definition) is 4. The Morgan fingerprint density at radius 2 is 0.935 bits per heavy atom. The van der Waals surface area contributed by atoms with Crippen molar-refractivity contribution in [1.29, 1.82) is 0 Å². The number of aromatic nitrogens is 4. The highest BCUT2D eigenvalue weighted by Gasteiger charge is 2.16. The van der Waals surface area contributed by atoms with Crippen molar-refractivity contribution in [3.63, 3.8) is 0 Å². The molecule has 0 N–H and O–H groups in total. The lowest BCUT2D eigenvalue weighted by Crippen LogP contribution is -1.97. The fourth-order valence-corrected chi connectivity index (χ4v) is 6.32. The van der Waals surface area contributed by atoms with E-state index in [9.17, 15) is 0 Å². The van der Waals surface area contributed by atoms with Gasteiger partial charge in [-0.2, -0.15) is 0 Å². The highest BCUT2D eigenvalue weighted by Crippen LogP contribution is 2.36. The minimum absolute atomic E-state index is 0.687. The third-order valence-electron chi connectivity index (χ3n) is 8.65. The highest BCUT2D eigenvalue weighted by molar-refractivity contribution is 6.06. The number of pyridine rings is 2. The van der Waals surface area contributed by atoms with Gasteiger partial charge in [-0.05, 0) is 29.0 Å². The van der Waals surface area contributed by atoms with Crippen LogP contribution in [-0.2, 0) is 0 Å². The van der Waals surface area contributed by atoms with Gasteiger partial charge in [-0.25, -0.2) is 19.9 Å². The van der Waals surface area contributed by atoms with Crippen molar-refractivity contribution in [2.75, 3.05) is 0 Å². The average Bonchev–Trinajstić information content (AvgIpc) is 3.14. The van der Waals surface area contributed by atoms with Crippen LogP contribution < -0.4 is 0 Å². The Hall–Kier alpha value is -6.26. The van der Waals surface area contributed by atoms with Gasteiger partial charge < -0.3 is 0 Å².